The lowest BCUT2D eigenvalue weighted by molar-refractivity contribution is -0.103. The van der Waals surface area contributed by atoms with Gasteiger partial charge in [-0.1, -0.05) is 18.9 Å². The predicted octanol–water partition coefficient (Wildman–Crippen LogP) is 2.61. The first kappa shape index (κ1) is 14.9. The van der Waals surface area contributed by atoms with Gasteiger partial charge in [0.1, 0.15) is 11.6 Å². The Balaban J connectivity index is 1.91. The lowest BCUT2D eigenvalue weighted by atomic mass is 9.88. The second-order valence-electron chi connectivity index (χ2n) is 5.89. The first-order chi connectivity index (χ1) is 10.2. The number of rotatable bonds is 3. The molecule has 1 aromatic rings. The number of nitrogens with two attached hydrogens (primary N) is 1. The summed E-state index contributed by atoms with van der Waals surface area (Å²) in [6.07, 6.45) is 4.51. The summed E-state index contributed by atoms with van der Waals surface area (Å²) in [5.74, 6) is -1.02. The molecule has 0 aromatic heterocycles. The van der Waals surface area contributed by atoms with E-state index in [1.54, 1.807) is 0 Å². The van der Waals surface area contributed by atoms with Gasteiger partial charge in [0.05, 0.1) is 18.8 Å². The highest BCUT2D eigenvalue weighted by Crippen LogP contribution is 2.35. The molecule has 0 spiro atoms. The minimum Gasteiger partial charge on any atom is -0.375 e. The van der Waals surface area contributed by atoms with Gasteiger partial charge in [-0.15, -0.1) is 0 Å². The summed E-state index contributed by atoms with van der Waals surface area (Å²) in [6, 6.07) is 3.81. The Morgan fingerprint density at radius 1 is 1.24 bits per heavy atom. The smallest absolute Gasteiger partial charge is 0.130 e. The van der Waals surface area contributed by atoms with Crippen molar-refractivity contribution in [3.05, 3.63) is 35.4 Å². The fraction of sp³-hybridized carbons (Fsp3) is 0.625. The summed E-state index contributed by atoms with van der Waals surface area (Å²) in [7, 11) is 0. The third-order valence-electron chi connectivity index (χ3n) is 4.73. The zero-order valence-electron chi connectivity index (χ0n) is 12.1. The molecular weight excluding hydrogens is 274 g/mol. The molecule has 0 radical (unpaired) electrons. The van der Waals surface area contributed by atoms with Crippen molar-refractivity contribution in [2.75, 3.05) is 19.7 Å². The lowest BCUT2D eigenvalue weighted by Crippen LogP contribution is -2.55. The van der Waals surface area contributed by atoms with E-state index in [0.29, 0.717) is 13.2 Å². The van der Waals surface area contributed by atoms with Gasteiger partial charge in [-0.3, -0.25) is 4.90 Å². The zero-order chi connectivity index (χ0) is 14.8. The molecule has 3 rings (SSSR count). The number of ether oxygens (including phenoxy) is 1. The van der Waals surface area contributed by atoms with Gasteiger partial charge in [-0.25, -0.2) is 8.78 Å². The third-order valence-corrected chi connectivity index (χ3v) is 4.73. The van der Waals surface area contributed by atoms with Crippen LogP contribution >= 0.6 is 0 Å². The van der Waals surface area contributed by atoms with Crippen LogP contribution in [0.25, 0.3) is 0 Å². The number of halogens is 2. The highest BCUT2D eigenvalue weighted by atomic mass is 19.1. The summed E-state index contributed by atoms with van der Waals surface area (Å²) >= 11 is 0. The molecule has 1 heterocycles. The van der Waals surface area contributed by atoms with Crippen molar-refractivity contribution < 1.29 is 13.5 Å². The monoisotopic (exact) mass is 296 g/mol. The predicted molar refractivity (Wildman–Crippen MR) is 76.9 cm³/mol. The van der Waals surface area contributed by atoms with Crippen LogP contribution in [0, 0.1) is 11.6 Å². The number of hydrogen-bond donors (Lipinski definition) is 1. The van der Waals surface area contributed by atoms with E-state index in [-0.39, 0.29) is 24.3 Å². The molecule has 1 aromatic carbocycles. The summed E-state index contributed by atoms with van der Waals surface area (Å²) in [4.78, 5) is 2.16. The molecule has 2 aliphatic rings. The van der Waals surface area contributed by atoms with Gasteiger partial charge < -0.3 is 10.5 Å². The van der Waals surface area contributed by atoms with E-state index in [9.17, 15) is 8.78 Å². The topological polar surface area (TPSA) is 38.5 Å². The summed E-state index contributed by atoms with van der Waals surface area (Å²) < 4.78 is 34.1. The molecule has 116 valence electrons. The molecule has 2 N–H and O–H groups in total. The minimum absolute atomic E-state index is 0.103. The highest BCUT2D eigenvalue weighted by Gasteiger charge is 2.39. The van der Waals surface area contributed by atoms with Crippen molar-refractivity contribution in [1.29, 1.82) is 0 Å². The van der Waals surface area contributed by atoms with Gasteiger partial charge in [0.2, 0.25) is 0 Å². The van der Waals surface area contributed by atoms with Crippen molar-refractivity contribution in [2.45, 2.75) is 43.9 Å². The Bertz CT molecular complexity index is 475. The fourth-order valence-corrected chi connectivity index (χ4v) is 3.76. The fourth-order valence-electron chi connectivity index (χ4n) is 3.76. The van der Waals surface area contributed by atoms with E-state index in [4.69, 9.17) is 10.5 Å². The van der Waals surface area contributed by atoms with Crippen LogP contribution in [-0.4, -0.2) is 36.7 Å². The maximum absolute atomic E-state index is 14.1. The van der Waals surface area contributed by atoms with E-state index >= 15 is 0 Å². The van der Waals surface area contributed by atoms with Crippen molar-refractivity contribution in [3.8, 4) is 0 Å². The van der Waals surface area contributed by atoms with Crippen molar-refractivity contribution in [1.82, 2.24) is 4.90 Å². The maximum atomic E-state index is 14.1. The maximum Gasteiger partial charge on any atom is 0.130 e. The summed E-state index contributed by atoms with van der Waals surface area (Å²) in [5, 5.41) is 0. The number of benzene rings is 1. The molecule has 0 amide bonds. The lowest BCUT2D eigenvalue weighted by Gasteiger charge is -2.47. The van der Waals surface area contributed by atoms with Crippen LogP contribution in [-0.2, 0) is 4.74 Å². The molecule has 2 fully saturated rings. The quantitative estimate of drug-likeness (QED) is 0.932. The average Bonchev–Trinajstić information content (AvgIpc) is 2.51. The summed E-state index contributed by atoms with van der Waals surface area (Å²) in [5.41, 5.74) is 5.98. The molecule has 1 aliphatic heterocycles. The van der Waals surface area contributed by atoms with Crippen LogP contribution in [0.5, 0.6) is 0 Å². The molecule has 21 heavy (non-hydrogen) atoms. The number of nitrogens with zero attached hydrogens (tertiary/aromatic N) is 1. The number of morpholine rings is 1. The molecule has 1 aliphatic carbocycles. The molecule has 3 atom stereocenters. The van der Waals surface area contributed by atoms with Crippen molar-refractivity contribution in [3.63, 3.8) is 0 Å². The Hall–Kier alpha value is -1.04. The third kappa shape index (κ3) is 2.82. The zero-order valence-corrected chi connectivity index (χ0v) is 12.1. The van der Waals surface area contributed by atoms with Crippen LogP contribution in [0.1, 0.15) is 37.3 Å². The molecule has 1 saturated carbocycles. The Labute approximate surface area is 124 Å². The van der Waals surface area contributed by atoms with Gasteiger partial charge in [-0.2, -0.15) is 0 Å². The molecule has 1 saturated heterocycles. The van der Waals surface area contributed by atoms with Crippen LogP contribution in [0.4, 0.5) is 8.78 Å². The van der Waals surface area contributed by atoms with Gasteiger partial charge in [-0.05, 0) is 25.0 Å². The minimum atomic E-state index is -0.510. The molecule has 0 bridgehead atoms. The SMILES string of the molecule is NCC(c1c(F)cccc1F)N1CCOC2CCCCC21. The van der Waals surface area contributed by atoms with Crippen molar-refractivity contribution >= 4 is 0 Å². The average molecular weight is 296 g/mol. The van der Waals surface area contributed by atoms with E-state index < -0.39 is 17.7 Å². The number of hydrogen-bond acceptors (Lipinski definition) is 3. The Morgan fingerprint density at radius 3 is 2.67 bits per heavy atom. The van der Waals surface area contributed by atoms with Gasteiger partial charge in [0.15, 0.2) is 0 Å². The van der Waals surface area contributed by atoms with E-state index in [2.05, 4.69) is 4.90 Å². The normalized spacial score (nSPS) is 28.1. The van der Waals surface area contributed by atoms with E-state index in [1.807, 2.05) is 0 Å². The molecule has 3 unspecified atom stereocenters. The molecule has 3 nitrogen and oxygen atoms in total. The standard InChI is InChI=1S/C16H22F2N2O/c17-11-4-3-5-12(18)16(11)14(10-19)20-8-9-21-15-7-2-1-6-13(15)20/h3-5,13-15H,1-2,6-10,19H2. The highest BCUT2D eigenvalue weighted by molar-refractivity contribution is 5.24. The van der Waals surface area contributed by atoms with Gasteiger partial charge in [0.25, 0.3) is 0 Å². The molecular formula is C16H22F2N2O. The van der Waals surface area contributed by atoms with Crippen LogP contribution in [0.15, 0.2) is 18.2 Å². The van der Waals surface area contributed by atoms with Gasteiger partial charge >= 0.3 is 0 Å². The molecule has 5 heteroatoms. The van der Waals surface area contributed by atoms with Crippen molar-refractivity contribution in [2.24, 2.45) is 5.73 Å². The van der Waals surface area contributed by atoms with E-state index in [0.717, 1.165) is 25.7 Å². The second kappa shape index (κ2) is 6.38. The summed E-state index contributed by atoms with van der Waals surface area (Å²) in [6.45, 7) is 1.49. The van der Waals surface area contributed by atoms with E-state index in [1.165, 1.54) is 18.2 Å². The Kier molecular flexibility index (Phi) is 4.52. The number of fused-ring (bicyclic) bond motifs is 1. The van der Waals surface area contributed by atoms with Gasteiger partial charge in [0, 0.05) is 24.7 Å². The largest absolute Gasteiger partial charge is 0.375 e. The van der Waals surface area contributed by atoms with Crippen LogP contribution < -0.4 is 5.73 Å². The van der Waals surface area contributed by atoms with Crippen LogP contribution in [0.3, 0.4) is 0 Å². The second-order valence-corrected chi connectivity index (χ2v) is 5.89. The Morgan fingerprint density at radius 2 is 1.95 bits per heavy atom. The first-order valence-corrected chi connectivity index (χ1v) is 7.73. The van der Waals surface area contributed by atoms with Crippen LogP contribution in [0.2, 0.25) is 0 Å². The first-order valence-electron chi connectivity index (χ1n) is 7.73.